The molecule has 26 heavy (non-hydrogen) atoms. The van der Waals surface area contributed by atoms with Crippen molar-refractivity contribution in [2.75, 3.05) is 5.32 Å². The molecule has 1 N–H and O–H groups in total. The number of aryl methyl sites for hydroxylation is 2. The smallest absolute Gasteiger partial charge is 0.232 e. The number of rotatable bonds is 8. The van der Waals surface area contributed by atoms with Gasteiger partial charge < -0.3 is 5.32 Å². The Morgan fingerprint density at radius 1 is 1.23 bits per heavy atom. The van der Waals surface area contributed by atoms with Crippen LogP contribution in [-0.4, -0.2) is 21.1 Å². The third-order valence-electron chi connectivity index (χ3n) is 3.87. The van der Waals surface area contributed by atoms with Crippen LogP contribution in [-0.2, 0) is 17.6 Å². The fourth-order valence-corrected chi connectivity index (χ4v) is 4.17. The van der Waals surface area contributed by atoms with Crippen LogP contribution >= 0.6 is 22.7 Å². The second-order valence-electron chi connectivity index (χ2n) is 6.20. The molecule has 3 aromatic rings. The van der Waals surface area contributed by atoms with E-state index in [1.165, 1.54) is 29.7 Å². The first-order valence-corrected chi connectivity index (χ1v) is 10.5. The molecular formula is C19H22N4OS2. The Balaban J connectivity index is 1.55. The van der Waals surface area contributed by atoms with Gasteiger partial charge in [0.25, 0.3) is 0 Å². The Labute approximate surface area is 161 Å². The van der Waals surface area contributed by atoms with E-state index in [0.717, 1.165) is 34.1 Å². The summed E-state index contributed by atoms with van der Waals surface area (Å²) >= 11 is 3.01. The van der Waals surface area contributed by atoms with E-state index >= 15 is 0 Å². The summed E-state index contributed by atoms with van der Waals surface area (Å²) in [6.45, 7) is 4.23. The molecule has 1 aromatic carbocycles. The minimum atomic E-state index is -0.109. The number of carbonyl (C=O) groups excluding carboxylic acids is 1. The van der Waals surface area contributed by atoms with Gasteiger partial charge in [-0.15, -0.1) is 21.5 Å². The van der Waals surface area contributed by atoms with Gasteiger partial charge in [-0.05, 0) is 19.4 Å². The van der Waals surface area contributed by atoms with Crippen molar-refractivity contribution in [3.8, 4) is 10.6 Å². The first-order valence-electron chi connectivity index (χ1n) is 8.77. The second kappa shape index (κ2) is 9.00. The van der Waals surface area contributed by atoms with Crippen molar-refractivity contribution < 1.29 is 4.79 Å². The first kappa shape index (κ1) is 18.7. The summed E-state index contributed by atoms with van der Waals surface area (Å²) in [4.78, 5) is 16.8. The highest BCUT2D eigenvalue weighted by Gasteiger charge is 2.12. The Morgan fingerprint density at radius 3 is 2.92 bits per heavy atom. The third kappa shape index (κ3) is 5.19. The molecule has 0 atom stereocenters. The van der Waals surface area contributed by atoms with E-state index in [0.29, 0.717) is 5.13 Å². The zero-order valence-corrected chi connectivity index (χ0v) is 16.6. The quantitative estimate of drug-likeness (QED) is 0.560. The maximum Gasteiger partial charge on any atom is 0.232 e. The number of aromatic nitrogens is 3. The molecule has 0 aliphatic heterocycles. The monoisotopic (exact) mass is 386 g/mol. The van der Waals surface area contributed by atoms with Gasteiger partial charge in [-0.3, -0.25) is 4.79 Å². The molecule has 0 bridgehead atoms. The van der Waals surface area contributed by atoms with Crippen molar-refractivity contribution in [1.29, 1.82) is 0 Å². The maximum absolute atomic E-state index is 12.2. The summed E-state index contributed by atoms with van der Waals surface area (Å²) in [6.07, 6.45) is 4.65. The number of carbonyl (C=O) groups is 1. The molecule has 5 nitrogen and oxygen atoms in total. The molecule has 1 amide bonds. The van der Waals surface area contributed by atoms with Gasteiger partial charge in [0.1, 0.15) is 10.0 Å². The zero-order valence-electron chi connectivity index (χ0n) is 15.0. The zero-order chi connectivity index (χ0) is 18.4. The van der Waals surface area contributed by atoms with Crippen molar-refractivity contribution in [3.05, 3.63) is 45.9 Å². The summed E-state index contributed by atoms with van der Waals surface area (Å²) in [5.74, 6) is -0.109. The van der Waals surface area contributed by atoms with Gasteiger partial charge in [-0.2, -0.15) is 0 Å². The SMILES string of the molecule is CCCCCc1nnc(NC(=O)Cc2csc(-c3cccc(C)c3)n2)s1. The highest BCUT2D eigenvalue weighted by atomic mass is 32.1. The molecule has 3 rings (SSSR count). The molecule has 0 spiro atoms. The highest BCUT2D eigenvalue weighted by molar-refractivity contribution is 7.15. The van der Waals surface area contributed by atoms with Crippen LogP contribution in [0.1, 0.15) is 42.5 Å². The molecule has 7 heteroatoms. The number of anilines is 1. The van der Waals surface area contributed by atoms with Crippen molar-refractivity contribution in [2.24, 2.45) is 0 Å². The van der Waals surface area contributed by atoms with Gasteiger partial charge in [0, 0.05) is 17.4 Å². The molecule has 0 saturated heterocycles. The van der Waals surface area contributed by atoms with Crippen LogP contribution in [0.2, 0.25) is 0 Å². The lowest BCUT2D eigenvalue weighted by molar-refractivity contribution is -0.115. The van der Waals surface area contributed by atoms with Crippen LogP contribution in [0.5, 0.6) is 0 Å². The Hall–Kier alpha value is -2.12. The molecule has 0 aliphatic rings. The molecule has 0 saturated carbocycles. The van der Waals surface area contributed by atoms with Gasteiger partial charge >= 0.3 is 0 Å². The van der Waals surface area contributed by atoms with E-state index < -0.39 is 0 Å². The van der Waals surface area contributed by atoms with E-state index in [1.807, 2.05) is 17.5 Å². The Morgan fingerprint density at radius 2 is 2.12 bits per heavy atom. The van der Waals surface area contributed by atoms with Crippen molar-refractivity contribution >= 4 is 33.7 Å². The lowest BCUT2D eigenvalue weighted by atomic mass is 10.1. The number of unbranched alkanes of at least 4 members (excludes halogenated alkanes) is 2. The molecule has 0 fully saturated rings. The molecule has 0 radical (unpaired) electrons. The Kier molecular flexibility index (Phi) is 6.46. The normalized spacial score (nSPS) is 10.8. The molecule has 136 valence electrons. The van der Waals surface area contributed by atoms with Crippen LogP contribution in [0.25, 0.3) is 10.6 Å². The number of amides is 1. The van der Waals surface area contributed by atoms with Gasteiger partial charge in [-0.1, -0.05) is 54.9 Å². The van der Waals surface area contributed by atoms with E-state index in [2.05, 4.69) is 46.5 Å². The largest absolute Gasteiger partial charge is 0.300 e. The predicted molar refractivity (Wildman–Crippen MR) is 108 cm³/mol. The summed E-state index contributed by atoms with van der Waals surface area (Å²) < 4.78 is 0. The Bertz CT molecular complexity index is 872. The maximum atomic E-state index is 12.2. The van der Waals surface area contributed by atoms with Gasteiger partial charge in [0.2, 0.25) is 11.0 Å². The van der Waals surface area contributed by atoms with Crippen molar-refractivity contribution in [3.63, 3.8) is 0 Å². The highest BCUT2D eigenvalue weighted by Crippen LogP contribution is 2.25. The number of nitrogens with zero attached hydrogens (tertiary/aromatic N) is 3. The van der Waals surface area contributed by atoms with Crippen molar-refractivity contribution in [1.82, 2.24) is 15.2 Å². The summed E-state index contributed by atoms with van der Waals surface area (Å²) in [6, 6.07) is 8.22. The average molecular weight is 387 g/mol. The topological polar surface area (TPSA) is 67.8 Å². The first-order chi connectivity index (χ1) is 12.6. The second-order valence-corrected chi connectivity index (χ2v) is 8.12. The summed E-state index contributed by atoms with van der Waals surface area (Å²) in [7, 11) is 0. The van der Waals surface area contributed by atoms with Crippen LogP contribution in [0.3, 0.4) is 0 Å². The van der Waals surface area contributed by atoms with Crippen LogP contribution in [0.15, 0.2) is 29.6 Å². The molecule has 2 heterocycles. The molecule has 2 aromatic heterocycles. The van der Waals surface area contributed by atoms with Gasteiger partial charge in [0.15, 0.2) is 0 Å². The van der Waals surface area contributed by atoms with E-state index in [1.54, 1.807) is 11.3 Å². The van der Waals surface area contributed by atoms with Crippen LogP contribution < -0.4 is 5.32 Å². The van der Waals surface area contributed by atoms with E-state index in [4.69, 9.17) is 0 Å². The van der Waals surface area contributed by atoms with Crippen molar-refractivity contribution in [2.45, 2.75) is 46.0 Å². The summed E-state index contributed by atoms with van der Waals surface area (Å²) in [5.41, 5.74) is 3.06. The molecular weight excluding hydrogens is 364 g/mol. The fourth-order valence-electron chi connectivity index (χ4n) is 2.56. The minimum Gasteiger partial charge on any atom is -0.300 e. The van der Waals surface area contributed by atoms with Gasteiger partial charge in [0.05, 0.1) is 12.1 Å². The number of hydrogen-bond donors (Lipinski definition) is 1. The lowest BCUT2D eigenvalue weighted by Gasteiger charge is -1.99. The fraction of sp³-hybridized carbons (Fsp3) is 0.368. The summed E-state index contributed by atoms with van der Waals surface area (Å²) in [5, 5.41) is 15.4. The van der Waals surface area contributed by atoms with Gasteiger partial charge in [-0.25, -0.2) is 4.98 Å². The number of thiazole rings is 1. The standard InChI is InChI=1S/C19H22N4OS2/c1-3-4-5-9-17-22-23-19(26-17)21-16(24)11-15-12-25-18(20-15)14-8-6-7-13(2)10-14/h6-8,10,12H,3-5,9,11H2,1-2H3,(H,21,23,24). The molecule has 0 aliphatic carbocycles. The number of nitrogens with one attached hydrogen (secondary N) is 1. The van der Waals surface area contributed by atoms with E-state index in [9.17, 15) is 4.79 Å². The number of benzene rings is 1. The average Bonchev–Trinajstić information content (AvgIpc) is 3.25. The minimum absolute atomic E-state index is 0.109. The predicted octanol–water partition coefficient (Wildman–Crippen LogP) is 4.88. The van der Waals surface area contributed by atoms with Crippen LogP contribution in [0, 0.1) is 6.92 Å². The van der Waals surface area contributed by atoms with Crippen LogP contribution in [0.4, 0.5) is 5.13 Å². The third-order valence-corrected chi connectivity index (χ3v) is 5.70. The lowest BCUT2D eigenvalue weighted by Crippen LogP contribution is -2.14. The molecule has 0 unspecified atom stereocenters. The van der Waals surface area contributed by atoms with E-state index in [-0.39, 0.29) is 12.3 Å². The number of hydrogen-bond acceptors (Lipinski definition) is 6.